The molecule has 1 atom stereocenters. The Bertz CT molecular complexity index is 904. The molecule has 1 aromatic carbocycles. The zero-order valence-electron chi connectivity index (χ0n) is 17.4. The van der Waals surface area contributed by atoms with Gasteiger partial charge in [0.15, 0.2) is 5.82 Å². The van der Waals surface area contributed by atoms with Crippen molar-refractivity contribution in [3.8, 4) is 5.82 Å². The van der Waals surface area contributed by atoms with E-state index in [2.05, 4.69) is 58.4 Å². The van der Waals surface area contributed by atoms with E-state index in [0.717, 1.165) is 25.2 Å². The monoisotopic (exact) mass is 391 g/mol. The van der Waals surface area contributed by atoms with Crippen LogP contribution in [0, 0.1) is 6.92 Å². The van der Waals surface area contributed by atoms with Gasteiger partial charge < -0.3 is 5.32 Å². The Labute approximate surface area is 172 Å². The zero-order chi connectivity index (χ0) is 20.6. The summed E-state index contributed by atoms with van der Waals surface area (Å²) in [5.41, 5.74) is 2.63. The highest BCUT2D eigenvalue weighted by molar-refractivity contribution is 5.95. The van der Waals surface area contributed by atoms with E-state index in [1.807, 2.05) is 31.2 Å². The predicted molar refractivity (Wildman–Crippen MR) is 115 cm³/mol. The number of hydrogen-bond donors (Lipinski definition) is 1. The minimum Gasteiger partial charge on any atom is -0.350 e. The Hall–Kier alpha value is -2.99. The van der Waals surface area contributed by atoms with Crippen LogP contribution in [0.1, 0.15) is 35.5 Å². The lowest BCUT2D eigenvalue weighted by Crippen LogP contribution is -2.45. The van der Waals surface area contributed by atoms with Crippen LogP contribution in [-0.2, 0) is 6.42 Å². The number of hydrogen-bond acceptors (Lipinski definition) is 4. The molecule has 6 heteroatoms. The van der Waals surface area contributed by atoms with E-state index in [4.69, 9.17) is 0 Å². The number of nitrogens with zero attached hydrogens (tertiary/aromatic N) is 4. The Morgan fingerprint density at radius 1 is 1.10 bits per heavy atom. The molecule has 2 aromatic heterocycles. The molecule has 152 valence electrons. The number of pyridine rings is 1. The summed E-state index contributed by atoms with van der Waals surface area (Å²) in [5.74, 6) is 0.601. The Morgan fingerprint density at radius 2 is 1.83 bits per heavy atom. The summed E-state index contributed by atoms with van der Waals surface area (Å²) in [6.07, 6.45) is 4.23. The third-order valence-corrected chi connectivity index (χ3v) is 5.26. The fourth-order valence-corrected chi connectivity index (χ4v) is 3.60. The van der Waals surface area contributed by atoms with E-state index < -0.39 is 0 Å². The molecule has 0 saturated heterocycles. The normalized spacial score (nSPS) is 12.1. The van der Waals surface area contributed by atoms with Gasteiger partial charge >= 0.3 is 0 Å². The Morgan fingerprint density at radius 3 is 2.48 bits per heavy atom. The van der Waals surface area contributed by atoms with Gasteiger partial charge in [0.1, 0.15) is 0 Å². The number of rotatable bonds is 9. The predicted octanol–water partition coefficient (Wildman–Crippen LogP) is 3.26. The van der Waals surface area contributed by atoms with E-state index in [1.165, 1.54) is 5.56 Å². The van der Waals surface area contributed by atoms with Crippen LogP contribution in [0.15, 0.2) is 60.9 Å². The first-order valence-electron chi connectivity index (χ1n) is 10.2. The SMILES string of the molecule is CCN(CC)C(CNC(=O)c1cnn(-c2ccccn2)c1C)Cc1ccccc1. The molecule has 1 unspecified atom stereocenters. The number of carbonyl (C=O) groups is 1. The molecule has 0 bridgehead atoms. The molecule has 0 fully saturated rings. The quantitative estimate of drug-likeness (QED) is 0.608. The van der Waals surface area contributed by atoms with Crippen molar-refractivity contribution in [3.63, 3.8) is 0 Å². The van der Waals surface area contributed by atoms with Gasteiger partial charge in [0.2, 0.25) is 0 Å². The molecular weight excluding hydrogens is 362 g/mol. The van der Waals surface area contributed by atoms with Crippen molar-refractivity contribution in [3.05, 3.63) is 77.7 Å². The first-order valence-corrected chi connectivity index (χ1v) is 10.2. The van der Waals surface area contributed by atoms with Crippen LogP contribution in [0.5, 0.6) is 0 Å². The van der Waals surface area contributed by atoms with E-state index in [0.29, 0.717) is 17.9 Å². The van der Waals surface area contributed by atoms with Gasteiger partial charge in [-0.25, -0.2) is 9.67 Å². The van der Waals surface area contributed by atoms with Crippen molar-refractivity contribution in [1.82, 2.24) is 25.0 Å². The van der Waals surface area contributed by atoms with Gasteiger partial charge in [-0.2, -0.15) is 5.10 Å². The molecule has 0 saturated carbocycles. The van der Waals surface area contributed by atoms with E-state index >= 15 is 0 Å². The second-order valence-electron chi connectivity index (χ2n) is 7.02. The maximum Gasteiger partial charge on any atom is 0.254 e. The highest BCUT2D eigenvalue weighted by atomic mass is 16.1. The van der Waals surface area contributed by atoms with Crippen molar-refractivity contribution in [2.45, 2.75) is 33.2 Å². The number of carbonyl (C=O) groups excluding carboxylic acids is 1. The largest absolute Gasteiger partial charge is 0.350 e. The lowest BCUT2D eigenvalue weighted by atomic mass is 10.0. The summed E-state index contributed by atoms with van der Waals surface area (Å²) in [6, 6.07) is 16.3. The first kappa shape index (κ1) is 20.7. The molecule has 0 spiro atoms. The van der Waals surface area contributed by atoms with Crippen LogP contribution in [-0.4, -0.2) is 51.2 Å². The maximum absolute atomic E-state index is 12.9. The Balaban J connectivity index is 1.71. The molecule has 0 radical (unpaired) electrons. The topological polar surface area (TPSA) is 63.1 Å². The van der Waals surface area contributed by atoms with Gasteiger partial charge in [-0.15, -0.1) is 0 Å². The van der Waals surface area contributed by atoms with Gasteiger partial charge in [-0.05, 0) is 44.1 Å². The number of amides is 1. The summed E-state index contributed by atoms with van der Waals surface area (Å²) in [7, 11) is 0. The first-order chi connectivity index (χ1) is 14.1. The van der Waals surface area contributed by atoms with Crippen molar-refractivity contribution >= 4 is 5.91 Å². The molecule has 1 amide bonds. The summed E-state index contributed by atoms with van der Waals surface area (Å²) in [5, 5.41) is 7.47. The van der Waals surface area contributed by atoms with E-state index in [9.17, 15) is 4.79 Å². The third-order valence-electron chi connectivity index (χ3n) is 5.26. The van der Waals surface area contributed by atoms with Gasteiger partial charge in [-0.3, -0.25) is 9.69 Å². The minimum absolute atomic E-state index is 0.102. The Kier molecular flexibility index (Phi) is 7.14. The van der Waals surface area contributed by atoms with Crippen LogP contribution in [0.4, 0.5) is 0 Å². The lowest BCUT2D eigenvalue weighted by Gasteiger charge is -2.30. The van der Waals surface area contributed by atoms with Crippen LogP contribution >= 0.6 is 0 Å². The second kappa shape index (κ2) is 9.98. The molecular formula is C23H29N5O. The zero-order valence-corrected chi connectivity index (χ0v) is 17.4. The van der Waals surface area contributed by atoms with Gasteiger partial charge in [0, 0.05) is 18.8 Å². The van der Waals surface area contributed by atoms with Gasteiger partial charge in [0.05, 0.1) is 17.5 Å². The van der Waals surface area contributed by atoms with Crippen LogP contribution in [0.2, 0.25) is 0 Å². The van der Waals surface area contributed by atoms with Crippen LogP contribution in [0.25, 0.3) is 5.82 Å². The maximum atomic E-state index is 12.9. The fourth-order valence-electron chi connectivity index (χ4n) is 3.60. The number of benzene rings is 1. The summed E-state index contributed by atoms with van der Waals surface area (Å²) < 4.78 is 1.70. The summed E-state index contributed by atoms with van der Waals surface area (Å²) in [4.78, 5) is 19.6. The highest BCUT2D eigenvalue weighted by Crippen LogP contribution is 2.13. The lowest BCUT2D eigenvalue weighted by molar-refractivity contribution is 0.0934. The third kappa shape index (κ3) is 5.09. The second-order valence-corrected chi connectivity index (χ2v) is 7.02. The standard InChI is InChI=1S/C23H29N5O/c1-4-27(5-2)20(15-19-11-7-6-8-12-19)16-25-23(29)21-17-26-28(18(21)3)22-13-9-10-14-24-22/h6-14,17,20H,4-5,15-16H2,1-3H3,(H,25,29). The van der Waals surface area contributed by atoms with Crippen molar-refractivity contribution in [2.24, 2.45) is 0 Å². The van der Waals surface area contributed by atoms with Crippen molar-refractivity contribution in [2.75, 3.05) is 19.6 Å². The average Bonchev–Trinajstić information content (AvgIpc) is 3.15. The number of aromatic nitrogens is 3. The van der Waals surface area contributed by atoms with Crippen molar-refractivity contribution < 1.29 is 4.79 Å². The molecule has 3 rings (SSSR count). The fraction of sp³-hybridized carbons (Fsp3) is 0.348. The molecule has 0 aliphatic heterocycles. The van der Waals surface area contributed by atoms with E-state index in [-0.39, 0.29) is 11.9 Å². The molecule has 3 aromatic rings. The van der Waals surface area contributed by atoms with Crippen molar-refractivity contribution in [1.29, 1.82) is 0 Å². The highest BCUT2D eigenvalue weighted by Gasteiger charge is 2.20. The summed E-state index contributed by atoms with van der Waals surface area (Å²) in [6.45, 7) is 8.68. The molecule has 2 heterocycles. The molecule has 0 aliphatic rings. The number of nitrogens with one attached hydrogen (secondary N) is 1. The van der Waals surface area contributed by atoms with Crippen LogP contribution in [0.3, 0.4) is 0 Å². The summed E-state index contributed by atoms with van der Waals surface area (Å²) >= 11 is 0. The molecule has 29 heavy (non-hydrogen) atoms. The molecule has 6 nitrogen and oxygen atoms in total. The minimum atomic E-state index is -0.102. The average molecular weight is 392 g/mol. The molecule has 1 N–H and O–H groups in total. The van der Waals surface area contributed by atoms with E-state index in [1.54, 1.807) is 17.1 Å². The smallest absolute Gasteiger partial charge is 0.254 e. The van der Waals surface area contributed by atoms with Crippen LogP contribution < -0.4 is 5.32 Å². The van der Waals surface area contributed by atoms with Gasteiger partial charge in [-0.1, -0.05) is 50.2 Å². The van der Waals surface area contributed by atoms with Gasteiger partial charge in [0.25, 0.3) is 5.91 Å². The molecule has 0 aliphatic carbocycles. The number of likely N-dealkylation sites (N-methyl/N-ethyl adjacent to an activating group) is 1.